The van der Waals surface area contributed by atoms with Crippen LogP contribution in [0, 0.1) is 5.41 Å². The lowest BCUT2D eigenvalue weighted by atomic mass is 9.86. The minimum atomic E-state index is -0.589. The van der Waals surface area contributed by atoms with E-state index in [0.29, 0.717) is 0 Å². The summed E-state index contributed by atoms with van der Waals surface area (Å²) in [6.07, 6.45) is 0.0605. The number of rotatable bonds is 4. The summed E-state index contributed by atoms with van der Waals surface area (Å²) in [4.78, 5) is 21.5. The molecule has 0 rings (SSSR count). The molecule has 0 fully saturated rings. The Morgan fingerprint density at radius 3 is 1.62 bits per heavy atom. The second-order valence-electron chi connectivity index (χ2n) is 3.42. The van der Waals surface area contributed by atoms with E-state index < -0.39 is 17.4 Å². The zero-order chi connectivity index (χ0) is 10.5. The molecule has 0 aromatic heterocycles. The molecule has 0 bridgehead atoms. The Hall–Kier alpha value is -0.480. The first-order chi connectivity index (χ1) is 5.91. The van der Waals surface area contributed by atoms with Crippen molar-refractivity contribution in [3.63, 3.8) is 0 Å². The van der Waals surface area contributed by atoms with Crippen LogP contribution in [0.2, 0.25) is 0 Å². The lowest BCUT2D eigenvalue weighted by Gasteiger charge is -2.19. The largest absolute Gasteiger partial charge is 0.348 e. The van der Waals surface area contributed by atoms with Gasteiger partial charge in [0.2, 0.25) is 0 Å². The van der Waals surface area contributed by atoms with Crippen molar-refractivity contribution in [2.45, 2.75) is 26.7 Å². The van der Waals surface area contributed by atoms with Crippen molar-refractivity contribution in [3.05, 3.63) is 0 Å². The molecule has 13 heavy (non-hydrogen) atoms. The summed E-state index contributed by atoms with van der Waals surface area (Å²) in [7, 11) is 0. The molecule has 0 saturated carbocycles. The summed E-state index contributed by atoms with van der Waals surface area (Å²) < 4.78 is 7.90. The van der Waals surface area contributed by atoms with Gasteiger partial charge in [0, 0.05) is 0 Å². The van der Waals surface area contributed by atoms with Gasteiger partial charge in [0.05, 0.1) is 12.8 Å². The maximum absolute atomic E-state index is 10.8. The molecular formula is C7H10Cl2O4. The predicted molar refractivity (Wildman–Crippen MR) is 46.9 cm³/mol. The Kier molecular flexibility index (Phi) is 5.10. The van der Waals surface area contributed by atoms with Crippen molar-refractivity contribution < 1.29 is 18.2 Å². The maximum atomic E-state index is 10.8. The molecule has 0 radical (unpaired) electrons. The summed E-state index contributed by atoms with van der Waals surface area (Å²) in [5.74, 6) is -1.18. The second-order valence-corrected chi connectivity index (χ2v) is 3.72. The molecule has 0 saturated heterocycles. The second kappa shape index (κ2) is 5.29. The first-order valence-electron chi connectivity index (χ1n) is 3.54. The average molecular weight is 229 g/mol. The summed E-state index contributed by atoms with van der Waals surface area (Å²) in [5, 5.41) is 0. The zero-order valence-electron chi connectivity index (χ0n) is 7.30. The summed E-state index contributed by atoms with van der Waals surface area (Å²) in [5.41, 5.74) is -0.571. The minimum absolute atomic E-state index is 0.0302. The van der Waals surface area contributed by atoms with Crippen LogP contribution in [0.15, 0.2) is 0 Å². The van der Waals surface area contributed by atoms with Crippen LogP contribution >= 0.6 is 23.7 Å². The third-order valence-corrected chi connectivity index (χ3v) is 1.76. The number of hydrogen-bond donors (Lipinski definition) is 0. The van der Waals surface area contributed by atoms with Crippen molar-refractivity contribution in [3.8, 4) is 0 Å². The molecular weight excluding hydrogens is 219 g/mol. The molecule has 76 valence electrons. The molecule has 0 spiro atoms. The summed E-state index contributed by atoms with van der Waals surface area (Å²) in [6, 6.07) is 0. The van der Waals surface area contributed by atoms with Crippen LogP contribution < -0.4 is 0 Å². The van der Waals surface area contributed by atoms with Crippen LogP contribution in [0.5, 0.6) is 0 Å². The Morgan fingerprint density at radius 2 is 1.38 bits per heavy atom. The monoisotopic (exact) mass is 228 g/mol. The third kappa shape index (κ3) is 5.71. The van der Waals surface area contributed by atoms with Gasteiger partial charge in [0.25, 0.3) is 0 Å². The fourth-order valence-electron chi connectivity index (χ4n) is 0.899. The molecule has 0 aromatic rings. The average Bonchev–Trinajstić information content (AvgIpc) is 2.02. The standard InChI is InChI=1S/C7H10Cl2O4/c1-7(2,3-5(10)12-8)4-6(11)13-9/h3-4H2,1-2H3. The number of hydrogen-bond acceptors (Lipinski definition) is 4. The summed E-state index contributed by atoms with van der Waals surface area (Å²) in [6.45, 7) is 3.41. The Labute approximate surface area is 86.4 Å². The maximum Gasteiger partial charge on any atom is 0.325 e. The highest BCUT2D eigenvalue weighted by molar-refractivity contribution is 6.13. The first kappa shape index (κ1) is 12.5. The fourth-order valence-corrected chi connectivity index (χ4v) is 1.01. The van der Waals surface area contributed by atoms with Gasteiger partial charge in [0.1, 0.15) is 23.7 Å². The predicted octanol–water partition coefficient (Wildman–Crippen LogP) is 2.19. The zero-order valence-corrected chi connectivity index (χ0v) is 8.81. The van der Waals surface area contributed by atoms with Gasteiger partial charge in [-0.3, -0.25) is 9.59 Å². The lowest BCUT2D eigenvalue weighted by molar-refractivity contribution is -0.139. The van der Waals surface area contributed by atoms with Gasteiger partial charge in [-0.2, -0.15) is 0 Å². The van der Waals surface area contributed by atoms with Crippen LogP contribution in [-0.4, -0.2) is 11.9 Å². The molecule has 0 aromatic carbocycles. The van der Waals surface area contributed by atoms with Gasteiger partial charge in [-0.25, -0.2) is 0 Å². The third-order valence-electron chi connectivity index (χ3n) is 1.42. The van der Waals surface area contributed by atoms with Crippen LogP contribution in [0.4, 0.5) is 0 Å². The van der Waals surface area contributed by atoms with Crippen molar-refractivity contribution in [1.82, 2.24) is 0 Å². The first-order valence-corrected chi connectivity index (χ1v) is 4.16. The Bertz CT molecular complexity index is 183. The molecule has 6 heteroatoms. The quantitative estimate of drug-likeness (QED) is 0.741. The van der Waals surface area contributed by atoms with Gasteiger partial charge >= 0.3 is 11.9 Å². The van der Waals surface area contributed by atoms with E-state index in [1.165, 1.54) is 0 Å². The Morgan fingerprint density at radius 1 is 1.08 bits per heavy atom. The van der Waals surface area contributed by atoms with Crippen molar-refractivity contribution in [2.24, 2.45) is 5.41 Å². The van der Waals surface area contributed by atoms with E-state index in [1.807, 2.05) is 0 Å². The smallest absolute Gasteiger partial charge is 0.325 e. The highest BCUT2D eigenvalue weighted by Crippen LogP contribution is 2.26. The molecule has 0 aliphatic carbocycles. The van der Waals surface area contributed by atoms with Crippen molar-refractivity contribution >= 4 is 35.7 Å². The van der Waals surface area contributed by atoms with Gasteiger partial charge in [-0.1, -0.05) is 13.8 Å². The van der Waals surface area contributed by atoms with E-state index in [9.17, 15) is 9.59 Å². The van der Waals surface area contributed by atoms with Crippen LogP contribution in [-0.2, 0) is 18.2 Å². The van der Waals surface area contributed by atoms with Gasteiger partial charge in [-0.15, -0.1) is 0 Å². The SMILES string of the molecule is CC(C)(CC(=O)OCl)CC(=O)OCl. The lowest BCUT2D eigenvalue weighted by Crippen LogP contribution is -2.21. The highest BCUT2D eigenvalue weighted by Gasteiger charge is 2.27. The summed E-state index contributed by atoms with van der Waals surface area (Å²) >= 11 is 9.67. The molecule has 4 nitrogen and oxygen atoms in total. The van der Waals surface area contributed by atoms with Crippen molar-refractivity contribution in [1.29, 1.82) is 0 Å². The van der Waals surface area contributed by atoms with Crippen molar-refractivity contribution in [2.75, 3.05) is 0 Å². The van der Waals surface area contributed by atoms with Crippen LogP contribution in [0.25, 0.3) is 0 Å². The molecule has 0 amide bonds. The van der Waals surface area contributed by atoms with Crippen LogP contribution in [0.3, 0.4) is 0 Å². The van der Waals surface area contributed by atoms with Gasteiger partial charge < -0.3 is 8.58 Å². The molecule has 0 heterocycles. The molecule has 0 aliphatic heterocycles. The number of carbonyl (C=O) groups is 2. The topological polar surface area (TPSA) is 52.6 Å². The Balaban J connectivity index is 4.07. The van der Waals surface area contributed by atoms with E-state index in [2.05, 4.69) is 8.58 Å². The van der Waals surface area contributed by atoms with E-state index in [4.69, 9.17) is 23.7 Å². The normalized spacial score (nSPS) is 10.8. The highest BCUT2D eigenvalue weighted by atomic mass is 35.5. The number of carbonyl (C=O) groups excluding carboxylic acids is 2. The van der Waals surface area contributed by atoms with E-state index in [-0.39, 0.29) is 12.8 Å². The van der Waals surface area contributed by atoms with Gasteiger partial charge in [0.15, 0.2) is 0 Å². The minimum Gasteiger partial charge on any atom is -0.348 e. The van der Waals surface area contributed by atoms with E-state index in [1.54, 1.807) is 13.8 Å². The fraction of sp³-hybridized carbons (Fsp3) is 0.714. The van der Waals surface area contributed by atoms with E-state index >= 15 is 0 Å². The molecule has 0 N–H and O–H groups in total. The van der Waals surface area contributed by atoms with Gasteiger partial charge in [-0.05, 0) is 5.41 Å². The van der Waals surface area contributed by atoms with Crippen LogP contribution in [0.1, 0.15) is 26.7 Å². The molecule has 0 atom stereocenters. The molecule has 0 aliphatic rings. The molecule has 0 unspecified atom stereocenters. The van der Waals surface area contributed by atoms with E-state index in [0.717, 1.165) is 0 Å². The number of halogens is 2.